The van der Waals surface area contributed by atoms with Crippen molar-refractivity contribution in [1.29, 1.82) is 0 Å². The van der Waals surface area contributed by atoms with Crippen molar-refractivity contribution in [2.75, 3.05) is 0 Å². The average molecular weight is 607 g/mol. The van der Waals surface area contributed by atoms with Gasteiger partial charge in [-0.1, -0.05) is 12.1 Å². The monoisotopic (exact) mass is 606 g/mol. The highest BCUT2D eigenvalue weighted by molar-refractivity contribution is 7.81. The fourth-order valence-corrected chi connectivity index (χ4v) is 4.11. The van der Waals surface area contributed by atoms with Crippen molar-refractivity contribution >= 4 is 45.2 Å². The number of rotatable bonds is 15. The smallest absolute Gasteiger partial charge is 0.446 e. The molecule has 15 heteroatoms. The lowest BCUT2D eigenvalue weighted by atomic mass is 10.1. The molecule has 0 spiro atoms. The summed E-state index contributed by atoms with van der Waals surface area (Å²) in [5.41, 5.74) is -0.627. The van der Waals surface area contributed by atoms with Gasteiger partial charge in [0.1, 0.15) is 5.58 Å². The minimum atomic E-state index is -5.06. The van der Waals surface area contributed by atoms with Crippen molar-refractivity contribution in [3.63, 3.8) is 0 Å². The SMILES string of the molecule is O=C(O)CCCCC(=O)Oc1cc(-c2oc3ccccc3c(=O)c2OC(=O)CCCCC(=O)O)ccc1OS(=O)(=O)O. The van der Waals surface area contributed by atoms with Gasteiger partial charge in [0, 0.05) is 31.2 Å². The summed E-state index contributed by atoms with van der Waals surface area (Å²) in [6.45, 7) is 0. The number of hydrogen-bond donors (Lipinski definition) is 3. The van der Waals surface area contributed by atoms with E-state index in [-0.39, 0.29) is 73.7 Å². The number of aliphatic carboxylic acids is 2. The molecule has 0 atom stereocenters. The zero-order valence-electron chi connectivity index (χ0n) is 21.9. The number of ether oxygens (including phenoxy) is 2. The summed E-state index contributed by atoms with van der Waals surface area (Å²) in [5.74, 6) is -5.71. The molecule has 0 bridgehead atoms. The summed E-state index contributed by atoms with van der Waals surface area (Å²) < 4.78 is 52.8. The summed E-state index contributed by atoms with van der Waals surface area (Å²) in [6.07, 6.45) is -0.0871. The van der Waals surface area contributed by atoms with Gasteiger partial charge >= 0.3 is 34.3 Å². The number of carbonyl (C=O) groups is 4. The van der Waals surface area contributed by atoms with Crippen LogP contribution in [0.4, 0.5) is 0 Å². The first-order chi connectivity index (χ1) is 19.8. The predicted molar refractivity (Wildman–Crippen MR) is 144 cm³/mol. The Morgan fingerprint density at radius 3 is 1.93 bits per heavy atom. The summed E-state index contributed by atoms with van der Waals surface area (Å²) in [5, 5.41) is 17.6. The Balaban J connectivity index is 2.00. The second-order valence-electron chi connectivity index (χ2n) is 8.91. The molecule has 2 aromatic carbocycles. The molecular weight excluding hydrogens is 580 g/mol. The first-order valence-corrected chi connectivity index (χ1v) is 13.9. The molecule has 0 aliphatic carbocycles. The quantitative estimate of drug-likeness (QED) is 0.0971. The molecule has 0 radical (unpaired) electrons. The molecule has 0 aliphatic rings. The highest BCUT2D eigenvalue weighted by Gasteiger charge is 2.23. The van der Waals surface area contributed by atoms with Crippen LogP contribution in [0.25, 0.3) is 22.3 Å². The normalized spacial score (nSPS) is 11.2. The van der Waals surface area contributed by atoms with E-state index in [2.05, 4.69) is 4.18 Å². The van der Waals surface area contributed by atoms with Crippen LogP contribution in [0.3, 0.4) is 0 Å². The zero-order valence-corrected chi connectivity index (χ0v) is 22.8. The second-order valence-corrected chi connectivity index (χ2v) is 9.93. The predicted octanol–water partition coefficient (Wildman–Crippen LogP) is 3.74. The maximum atomic E-state index is 13.3. The Labute approximate surface area is 238 Å². The molecule has 3 rings (SSSR count). The Morgan fingerprint density at radius 1 is 0.762 bits per heavy atom. The molecule has 0 unspecified atom stereocenters. The Bertz CT molecular complexity index is 1660. The number of hydrogen-bond acceptors (Lipinski definition) is 11. The molecule has 42 heavy (non-hydrogen) atoms. The molecule has 3 N–H and O–H groups in total. The van der Waals surface area contributed by atoms with Crippen LogP contribution in [0.1, 0.15) is 51.4 Å². The van der Waals surface area contributed by atoms with Gasteiger partial charge in [0.2, 0.25) is 11.2 Å². The van der Waals surface area contributed by atoms with Crippen LogP contribution in [0.5, 0.6) is 17.2 Å². The van der Waals surface area contributed by atoms with E-state index in [1.54, 1.807) is 12.1 Å². The number of carbonyl (C=O) groups excluding carboxylic acids is 2. The van der Waals surface area contributed by atoms with Crippen LogP contribution in [0.15, 0.2) is 51.7 Å². The first kappa shape index (κ1) is 31.8. The fourth-order valence-electron chi connectivity index (χ4n) is 3.75. The van der Waals surface area contributed by atoms with E-state index in [0.717, 1.165) is 12.1 Å². The molecule has 0 saturated heterocycles. The van der Waals surface area contributed by atoms with Crippen molar-refractivity contribution in [3.8, 4) is 28.6 Å². The molecule has 1 heterocycles. The van der Waals surface area contributed by atoms with E-state index >= 15 is 0 Å². The largest absolute Gasteiger partial charge is 0.481 e. The van der Waals surface area contributed by atoms with Crippen molar-refractivity contribution in [3.05, 3.63) is 52.7 Å². The van der Waals surface area contributed by atoms with Crippen LogP contribution in [0, 0.1) is 0 Å². The topological polar surface area (TPSA) is 221 Å². The molecule has 224 valence electrons. The zero-order chi connectivity index (χ0) is 30.9. The molecule has 0 fully saturated rings. The van der Waals surface area contributed by atoms with Crippen LogP contribution in [-0.4, -0.2) is 47.1 Å². The van der Waals surface area contributed by atoms with Gasteiger partial charge in [0.15, 0.2) is 17.3 Å². The Kier molecular flexibility index (Phi) is 10.8. The van der Waals surface area contributed by atoms with Gasteiger partial charge < -0.3 is 28.3 Å². The molecule has 0 aliphatic heterocycles. The Hall–Kier alpha value is -4.76. The number of unbranched alkanes of at least 4 members (excludes halogenated alkanes) is 2. The average Bonchev–Trinajstić information content (AvgIpc) is 2.90. The minimum Gasteiger partial charge on any atom is -0.481 e. The maximum absolute atomic E-state index is 13.3. The van der Waals surface area contributed by atoms with E-state index < -0.39 is 57.0 Å². The number of esters is 2. The number of benzene rings is 2. The van der Waals surface area contributed by atoms with Crippen LogP contribution in [-0.2, 0) is 29.6 Å². The van der Waals surface area contributed by atoms with Crippen LogP contribution >= 0.6 is 0 Å². The van der Waals surface area contributed by atoms with E-state index in [0.29, 0.717) is 0 Å². The van der Waals surface area contributed by atoms with Gasteiger partial charge in [0.25, 0.3) is 0 Å². The second kappa shape index (κ2) is 14.2. The molecule has 0 saturated carbocycles. The molecule has 0 amide bonds. The van der Waals surface area contributed by atoms with Gasteiger partial charge in [-0.05, 0) is 56.0 Å². The van der Waals surface area contributed by atoms with Crippen LogP contribution < -0.4 is 19.1 Å². The lowest BCUT2D eigenvalue weighted by molar-refractivity contribution is -0.138. The Morgan fingerprint density at radius 2 is 1.33 bits per heavy atom. The highest BCUT2D eigenvalue weighted by Crippen LogP contribution is 2.38. The third-order valence-electron chi connectivity index (χ3n) is 5.64. The molecular formula is C27H26O14S. The number of para-hydroxylation sites is 1. The third-order valence-corrected chi connectivity index (χ3v) is 6.03. The van der Waals surface area contributed by atoms with E-state index in [4.69, 9.17) is 28.7 Å². The number of fused-ring (bicyclic) bond motifs is 1. The molecule has 14 nitrogen and oxygen atoms in total. The summed E-state index contributed by atoms with van der Waals surface area (Å²) in [4.78, 5) is 59.7. The summed E-state index contributed by atoms with van der Waals surface area (Å²) in [6, 6.07) is 9.33. The van der Waals surface area contributed by atoms with Crippen molar-refractivity contribution in [2.45, 2.75) is 51.4 Å². The van der Waals surface area contributed by atoms with Crippen molar-refractivity contribution in [1.82, 2.24) is 0 Å². The molecule has 3 aromatic rings. The van der Waals surface area contributed by atoms with Gasteiger partial charge in [-0.3, -0.25) is 28.5 Å². The van der Waals surface area contributed by atoms with Gasteiger partial charge in [-0.2, -0.15) is 8.42 Å². The van der Waals surface area contributed by atoms with E-state index in [9.17, 15) is 32.4 Å². The third kappa shape index (κ3) is 9.42. The summed E-state index contributed by atoms with van der Waals surface area (Å²) >= 11 is 0. The van der Waals surface area contributed by atoms with Gasteiger partial charge in [0.05, 0.1) is 5.39 Å². The fraction of sp³-hybridized carbons (Fsp3) is 0.296. The summed E-state index contributed by atoms with van der Waals surface area (Å²) in [7, 11) is -5.06. The lowest BCUT2D eigenvalue weighted by Gasteiger charge is -2.13. The molecule has 1 aromatic heterocycles. The standard InChI is InChI=1S/C27H26O14S/c28-21(29)9-3-5-11-23(32)38-20-15-16(13-14-19(20)41-42(35,36)37)26-27(40-24(33)12-6-4-10-22(30)31)25(34)17-7-1-2-8-18(17)39-26/h1-2,7-8,13-15H,3-6,9-12H2,(H,28,29)(H,30,31)(H,35,36,37). The number of carboxylic acids is 2. The van der Waals surface area contributed by atoms with E-state index in [1.807, 2.05) is 0 Å². The first-order valence-electron chi connectivity index (χ1n) is 12.6. The minimum absolute atomic E-state index is 0.0112. The lowest BCUT2D eigenvalue weighted by Crippen LogP contribution is -2.16. The van der Waals surface area contributed by atoms with E-state index in [1.165, 1.54) is 18.2 Å². The highest BCUT2D eigenvalue weighted by atomic mass is 32.3. The van der Waals surface area contributed by atoms with Crippen molar-refractivity contribution < 1.29 is 60.4 Å². The van der Waals surface area contributed by atoms with Crippen LogP contribution in [0.2, 0.25) is 0 Å². The van der Waals surface area contributed by atoms with Crippen molar-refractivity contribution in [2.24, 2.45) is 0 Å². The number of carboxylic acid groups (broad SMARTS) is 2. The maximum Gasteiger partial charge on any atom is 0.446 e. The van der Waals surface area contributed by atoms with Gasteiger partial charge in [-0.15, -0.1) is 0 Å². The van der Waals surface area contributed by atoms with Gasteiger partial charge in [-0.25, -0.2) is 0 Å².